The largest absolute Gasteiger partial charge is 0.465 e. The second kappa shape index (κ2) is 6.27. The maximum Gasteiger partial charge on any atom is 0.337 e. The van der Waals surface area contributed by atoms with Gasteiger partial charge < -0.3 is 10.1 Å². The first-order valence-corrected chi connectivity index (χ1v) is 7.02. The van der Waals surface area contributed by atoms with E-state index in [0.717, 1.165) is 10.9 Å². The molecule has 0 fully saturated rings. The zero-order valence-corrected chi connectivity index (χ0v) is 12.4. The summed E-state index contributed by atoms with van der Waals surface area (Å²) in [7, 11) is 1.32. The van der Waals surface area contributed by atoms with Crippen LogP contribution in [0.15, 0.2) is 60.8 Å². The number of carbonyl (C=O) groups is 2. The number of esters is 1. The Bertz CT molecular complexity index is 873. The molecule has 0 aliphatic heterocycles. The summed E-state index contributed by atoms with van der Waals surface area (Å²) in [5.74, 6) is -0.700. The van der Waals surface area contributed by atoms with Gasteiger partial charge in [-0.05, 0) is 36.4 Å². The lowest BCUT2D eigenvalue weighted by atomic mass is 10.1. The summed E-state index contributed by atoms with van der Waals surface area (Å²) >= 11 is 0. The third-order valence-electron chi connectivity index (χ3n) is 3.42. The topological polar surface area (TPSA) is 68.3 Å². The Hall–Kier alpha value is -3.21. The van der Waals surface area contributed by atoms with Gasteiger partial charge in [-0.1, -0.05) is 18.2 Å². The van der Waals surface area contributed by atoms with E-state index in [1.807, 2.05) is 30.3 Å². The van der Waals surface area contributed by atoms with E-state index in [1.54, 1.807) is 30.5 Å². The molecule has 2 aromatic carbocycles. The molecular formula is C18H14N2O3. The number of benzene rings is 2. The summed E-state index contributed by atoms with van der Waals surface area (Å²) in [4.78, 5) is 27.9. The van der Waals surface area contributed by atoms with Gasteiger partial charge in [0.05, 0.1) is 30.1 Å². The quantitative estimate of drug-likeness (QED) is 0.754. The number of methoxy groups -OCH3 is 1. The molecule has 1 N–H and O–H groups in total. The minimum absolute atomic E-state index is 0.265. The molecule has 1 aromatic heterocycles. The number of carbonyl (C=O) groups excluding carboxylic acids is 2. The summed E-state index contributed by atoms with van der Waals surface area (Å²) in [6, 6.07) is 15.8. The fourth-order valence-corrected chi connectivity index (χ4v) is 2.22. The molecule has 0 atom stereocenters. The van der Waals surface area contributed by atoms with Gasteiger partial charge in [-0.2, -0.15) is 0 Å². The number of anilines is 1. The highest BCUT2D eigenvalue weighted by Gasteiger charge is 2.09. The molecule has 1 amide bonds. The minimum Gasteiger partial charge on any atom is -0.465 e. The number of para-hydroxylation sites is 1. The van der Waals surface area contributed by atoms with E-state index in [4.69, 9.17) is 0 Å². The number of aromatic nitrogens is 1. The fourth-order valence-electron chi connectivity index (χ4n) is 2.22. The summed E-state index contributed by atoms with van der Waals surface area (Å²) < 4.78 is 4.63. The molecule has 3 rings (SSSR count). The van der Waals surface area contributed by atoms with Gasteiger partial charge in [-0.3, -0.25) is 9.78 Å². The highest BCUT2D eigenvalue weighted by atomic mass is 16.5. The molecule has 0 radical (unpaired) electrons. The van der Waals surface area contributed by atoms with Gasteiger partial charge in [0, 0.05) is 10.9 Å². The zero-order valence-electron chi connectivity index (χ0n) is 12.4. The highest BCUT2D eigenvalue weighted by Crippen LogP contribution is 2.17. The lowest BCUT2D eigenvalue weighted by molar-refractivity contribution is 0.0600. The van der Waals surface area contributed by atoms with Crippen molar-refractivity contribution in [2.24, 2.45) is 0 Å². The number of hydrogen-bond acceptors (Lipinski definition) is 4. The Morgan fingerprint density at radius 1 is 1.00 bits per heavy atom. The average molecular weight is 306 g/mol. The minimum atomic E-state index is -0.435. The standard InChI is InChI=1S/C18H14N2O3/c1-23-18(22)13-8-6-12(7-9-13)17(21)20-15-10-14-4-2-3-5-16(14)19-11-15/h2-11H,1H3,(H,20,21). The molecule has 5 nitrogen and oxygen atoms in total. The van der Waals surface area contributed by atoms with Gasteiger partial charge >= 0.3 is 5.97 Å². The Morgan fingerprint density at radius 3 is 2.43 bits per heavy atom. The first kappa shape index (κ1) is 14.7. The van der Waals surface area contributed by atoms with Crippen molar-refractivity contribution in [3.8, 4) is 0 Å². The van der Waals surface area contributed by atoms with E-state index in [2.05, 4.69) is 15.0 Å². The molecule has 0 saturated heterocycles. The monoisotopic (exact) mass is 306 g/mol. The number of amides is 1. The Morgan fingerprint density at radius 2 is 1.70 bits per heavy atom. The van der Waals surface area contributed by atoms with Crippen LogP contribution in [-0.4, -0.2) is 24.0 Å². The van der Waals surface area contributed by atoms with E-state index >= 15 is 0 Å². The maximum atomic E-state index is 12.2. The Balaban J connectivity index is 1.78. The van der Waals surface area contributed by atoms with Crippen molar-refractivity contribution in [1.29, 1.82) is 0 Å². The van der Waals surface area contributed by atoms with E-state index < -0.39 is 5.97 Å². The van der Waals surface area contributed by atoms with E-state index in [-0.39, 0.29) is 5.91 Å². The van der Waals surface area contributed by atoms with E-state index in [1.165, 1.54) is 7.11 Å². The summed E-state index contributed by atoms with van der Waals surface area (Å²) in [5.41, 5.74) is 2.33. The predicted octanol–water partition coefficient (Wildman–Crippen LogP) is 3.27. The zero-order chi connectivity index (χ0) is 16.2. The van der Waals surface area contributed by atoms with Crippen molar-refractivity contribution in [1.82, 2.24) is 4.98 Å². The van der Waals surface area contributed by atoms with Crippen LogP contribution in [0.2, 0.25) is 0 Å². The number of rotatable bonds is 3. The molecule has 5 heteroatoms. The molecule has 114 valence electrons. The van der Waals surface area contributed by atoms with Crippen molar-refractivity contribution in [3.05, 3.63) is 71.9 Å². The van der Waals surface area contributed by atoms with Gasteiger partial charge in [0.1, 0.15) is 0 Å². The fraction of sp³-hybridized carbons (Fsp3) is 0.0556. The van der Waals surface area contributed by atoms with Crippen molar-refractivity contribution >= 4 is 28.5 Å². The molecule has 0 spiro atoms. The van der Waals surface area contributed by atoms with Gasteiger partial charge in [-0.15, -0.1) is 0 Å². The van der Waals surface area contributed by atoms with Gasteiger partial charge in [0.15, 0.2) is 0 Å². The second-order valence-corrected chi connectivity index (χ2v) is 4.94. The van der Waals surface area contributed by atoms with Crippen LogP contribution < -0.4 is 5.32 Å². The first-order valence-electron chi connectivity index (χ1n) is 7.02. The van der Waals surface area contributed by atoms with Gasteiger partial charge in [0.2, 0.25) is 0 Å². The van der Waals surface area contributed by atoms with Gasteiger partial charge in [0.25, 0.3) is 5.91 Å². The number of ether oxygens (including phenoxy) is 1. The van der Waals surface area contributed by atoms with Gasteiger partial charge in [-0.25, -0.2) is 4.79 Å². The first-order chi connectivity index (χ1) is 11.2. The molecule has 0 saturated carbocycles. The third-order valence-corrected chi connectivity index (χ3v) is 3.42. The average Bonchev–Trinajstić information content (AvgIpc) is 2.61. The van der Waals surface area contributed by atoms with Crippen LogP contribution in [0.4, 0.5) is 5.69 Å². The maximum absolute atomic E-state index is 12.2. The lowest BCUT2D eigenvalue weighted by Crippen LogP contribution is -2.12. The van der Waals surface area contributed by atoms with Crippen LogP contribution in [0.1, 0.15) is 20.7 Å². The smallest absolute Gasteiger partial charge is 0.337 e. The molecule has 0 aliphatic rings. The lowest BCUT2D eigenvalue weighted by Gasteiger charge is -2.07. The number of pyridine rings is 1. The van der Waals surface area contributed by atoms with Crippen molar-refractivity contribution < 1.29 is 14.3 Å². The van der Waals surface area contributed by atoms with Crippen LogP contribution in [0, 0.1) is 0 Å². The summed E-state index contributed by atoms with van der Waals surface area (Å²) in [6.45, 7) is 0. The SMILES string of the molecule is COC(=O)c1ccc(C(=O)Nc2cnc3ccccc3c2)cc1. The van der Waals surface area contributed by atoms with E-state index in [0.29, 0.717) is 16.8 Å². The number of nitrogens with zero attached hydrogens (tertiary/aromatic N) is 1. The molecule has 0 aliphatic carbocycles. The van der Waals surface area contributed by atoms with Crippen LogP contribution >= 0.6 is 0 Å². The number of hydrogen-bond donors (Lipinski definition) is 1. The highest BCUT2D eigenvalue weighted by molar-refractivity contribution is 6.05. The summed E-state index contributed by atoms with van der Waals surface area (Å²) in [6.07, 6.45) is 1.61. The van der Waals surface area contributed by atoms with Crippen LogP contribution in [0.5, 0.6) is 0 Å². The number of fused-ring (bicyclic) bond motifs is 1. The van der Waals surface area contributed by atoms with Crippen molar-refractivity contribution in [2.75, 3.05) is 12.4 Å². The molecule has 23 heavy (non-hydrogen) atoms. The molecule has 0 unspecified atom stereocenters. The molecule has 3 aromatic rings. The molecular weight excluding hydrogens is 292 g/mol. The van der Waals surface area contributed by atoms with Crippen molar-refractivity contribution in [2.45, 2.75) is 0 Å². The summed E-state index contributed by atoms with van der Waals surface area (Å²) in [5, 5.41) is 3.75. The van der Waals surface area contributed by atoms with E-state index in [9.17, 15) is 9.59 Å². The second-order valence-electron chi connectivity index (χ2n) is 4.94. The normalized spacial score (nSPS) is 10.3. The van der Waals surface area contributed by atoms with Crippen LogP contribution in [0.3, 0.4) is 0 Å². The molecule has 0 bridgehead atoms. The predicted molar refractivity (Wildman–Crippen MR) is 87.5 cm³/mol. The third kappa shape index (κ3) is 3.18. The Labute approximate surface area is 132 Å². The molecule has 1 heterocycles. The van der Waals surface area contributed by atoms with Crippen LogP contribution in [0.25, 0.3) is 10.9 Å². The van der Waals surface area contributed by atoms with Crippen LogP contribution in [-0.2, 0) is 4.74 Å². The Kier molecular flexibility index (Phi) is 4.01. The number of nitrogens with one attached hydrogen (secondary N) is 1. The van der Waals surface area contributed by atoms with Crippen molar-refractivity contribution in [3.63, 3.8) is 0 Å².